The van der Waals surface area contributed by atoms with Gasteiger partial charge in [-0.3, -0.25) is 0 Å². The van der Waals surface area contributed by atoms with Crippen molar-refractivity contribution in [3.63, 3.8) is 0 Å². The number of nitrogens with zero attached hydrogens (tertiary/aromatic N) is 4. The maximum atomic E-state index is 4.44. The van der Waals surface area contributed by atoms with Gasteiger partial charge in [-0.1, -0.05) is 30.8 Å². The summed E-state index contributed by atoms with van der Waals surface area (Å²) in [5.74, 6) is 0.583. The van der Waals surface area contributed by atoms with Crippen LogP contribution in [0.5, 0.6) is 0 Å². The first-order valence-electron chi connectivity index (χ1n) is 8.65. The van der Waals surface area contributed by atoms with E-state index in [1.807, 2.05) is 37.5 Å². The first kappa shape index (κ1) is 17.0. The molecule has 1 aliphatic heterocycles. The number of azo groups is 1. The molecule has 1 saturated heterocycles. The van der Waals surface area contributed by atoms with E-state index < -0.39 is 0 Å². The molecule has 1 aliphatic rings. The summed E-state index contributed by atoms with van der Waals surface area (Å²) in [7, 11) is 3.74. The average Bonchev–Trinajstić information content (AvgIpc) is 3.18. The van der Waals surface area contributed by atoms with E-state index in [2.05, 4.69) is 57.4 Å². The Balaban J connectivity index is 1.90. The summed E-state index contributed by atoms with van der Waals surface area (Å²) in [5.41, 5.74) is 2.16. The Bertz CT molecular complexity index is 803. The first-order valence-corrected chi connectivity index (χ1v) is 8.65. The van der Waals surface area contributed by atoms with Gasteiger partial charge in [-0.15, -0.1) is 10.2 Å². The van der Waals surface area contributed by atoms with Gasteiger partial charge in [-0.05, 0) is 25.0 Å². The lowest BCUT2D eigenvalue weighted by molar-refractivity contribution is 0.553. The van der Waals surface area contributed by atoms with Crippen LogP contribution in [-0.4, -0.2) is 32.1 Å². The fraction of sp³-hybridized carbons (Fsp3) is 0.300. The van der Waals surface area contributed by atoms with Crippen LogP contribution in [0.3, 0.4) is 0 Å². The van der Waals surface area contributed by atoms with E-state index in [0.29, 0.717) is 5.82 Å². The van der Waals surface area contributed by atoms with Gasteiger partial charge in [-0.2, -0.15) is 0 Å². The fourth-order valence-electron chi connectivity index (χ4n) is 3.04. The summed E-state index contributed by atoms with van der Waals surface area (Å²) in [6, 6.07) is 12.6. The van der Waals surface area contributed by atoms with Gasteiger partial charge >= 0.3 is 0 Å². The molecule has 0 amide bonds. The number of anilines is 1. The van der Waals surface area contributed by atoms with E-state index in [4.69, 9.17) is 0 Å². The molecule has 1 fully saturated rings. The van der Waals surface area contributed by atoms with Crippen molar-refractivity contribution in [3.05, 3.63) is 61.2 Å². The molecule has 0 unspecified atom stereocenters. The molecule has 0 saturated carbocycles. The van der Waals surface area contributed by atoms with E-state index in [0.717, 1.165) is 24.2 Å². The highest BCUT2D eigenvalue weighted by Crippen LogP contribution is 2.35. The molecular formula is C20H25N5. The van der Waals surface area contributed by atoms with Crippen molar-refractivity contribution in [2.24, 2.45) is 10.2 Å². The zero-order valence-electron chi connectivity index (χ0n) is 14.9. The van der Waals surface area contributed by atoms with Gasteiger partial charge < -0.3 is 15.1 Å². The van der Waals surface area contributed by atoms with E-state index in [1.165, 1.54) is 23.9 Å². The molecule has 0 aromatic heterocycles. The molecule has 0 spiro atoms. The number of benzene rings is 2. The van der Waals surface area contributed by atoms with E-state index in [9.17, 15) is 0 Å². The van der Waals surface area contributed by atoms with Crippen molar-refractivity contribution >= 4 is 22.1 Å². The van der Waals surface area contributed by atoms with Gasteiger partial charge in [0.2, 0.25) is 0 Å². The quantitative estimate of drug-likeness (QED) is 0.784. The van der Waals surface area contributed by atoms with Crippen LogP contribution in [0.4, 0.5) is 11.4 Å². The molecule has 130 valence electrons. The minimum Gasteiger partial charge on any atom is -0.393 e. The largest absolute Gasteiger partial charge is 0.393 e. The second kappa shape index (κ2) is 7.83. The number of hydrogen-bond acceptors (Lipinski definition) is 5. The Labute approximate surface area is 149 Å². The molecule has 2 aromatic carbocycles. The summed E-state index contributed by atoms with van der Waals surface area (Å²) in [6.07, 6.45) is 6.21. The zero-order valence-corrected chi connectivity index (χ0v) is 14.9. The maximum Gasteiger partial charge on any atom is 0.147 e. The third kappa shape index (κ3) is 3.82. The number of fused-ring (bicyclic) bond motifs is 1. The second-order valence-electron chi connectivity index (χ2n) is 6.18. The summed E-state index contributed by atoms with van der Waals surface area (Å²) in [4.78, 5) is 4.28. The Hall–Kier alpha value is -2.82. The van der Waals surface area contributed by atoms with Crippen molar-refractivity contribution in [2.75, 3.05) is 32.1 Å². The lowest BCUT2D eigenvalue weighted by atomic mass is 10.1. The second-order valence-corrected chi connectivity index (χ2v) is 6.18. The third-order valence-electron chi connectivity index (χ3n) is 4.47. The van der Waals surface area contributed by atoms with Crippen molar-refractivity contribution in [1.29, 1.82) is 0 Å². The fourth-order valence-corrected chi connectivity index (χ4v) is 3.04. The zero-order chi connectivity index (χ0) is 17.6. The predicted molar refractivity (Wildman–Crippen MR) is 105 cm³/mol. The van der Waals surface area contributed by atoms with Crippen LogP contribution in [0.25, 0.3) is 10.8 Å². The Morgan fingerprint density at radius 1 is 1.16 bits per heavy atom. The highest BCUT2D eigenvalue weighted by Gasteiger charge is 2.15. The molecule has 5 nitrogen and oxygen atoms in total. The molecule has 2 aromatic rings. The number of nitrogens with one attached hydrogen (secondary N) is 1. The van der Waals surface area contributed by atoms with Gasteiger partial charge in [0.1, 0.15) is 5.82 Å². The smallest absolute Gasteiger partial charge is 0.147 e. The Kier molecular flexibility index (Phi) is 5.33. The average molecular weight is 335 g/mol. The number of hydrogen-bond donors (Lipinski definition) is 1. The minimum atomic E-state index is 0.583. The van der Waals surface area contributed by atoms with Crippen LogP contribution < -0.4 is 10.2 Å². The van der Waals surface area contributed by atoms with Gasteiger partial charge in [0.25, 0.3) is 0 Å². The summed E-state index contributed by atoms with van der Waals surface area (Å²) in [6.45, 7) is 6.22. The van der Waals surface area contributed by atoms with Crippen LogP contribution in [0, 0.1) is 0 Å². The van der Waals surface area contributed by atoms with E-state index >= 15 is 0 Å². The SMILES string of the molecule is C=C(N=Nc1ccc(N2CCCC2)c2ccccc12)N(C)/C=C\NC. The van der Waals surface area contributed by atoms with Gasteiger partial charge in [0.05, 0.1) is 5.69 Å². The van der Waals surface area contributed by atoms with Crippen molar-refractivity contribution in [1.82, 2.24) is 10.2 Å². The predicted octanol–water partition coefficient (Wildman–Crippen LogP) is 4.62. The maximum absolute atomic E-state index is 4.44. The molecule has 1 N–H and O–H groups in total. The normalized spacial score (nSPS) is 14.7. The van der Waals surface area contributed by atoms with Crippen LogP contribution in [0.1, 0.15) is 12.8 Å². The molecular weight excluding hydrogens is 310 g/mol. The topological polar surface area (TPSA) is 43.2 Å². The standard InChI is InChI=1S/C20H25N5/c1-16(24(3)15-12-21-2)22-23-19-10-11-20(25-13-6-7-14-25)18-9-5-4-8-17(18)19/h4-5,8-12,15,21H,1,6-7,13-14H2,2-3H3/b15-12-,23-22?. The van der Waals surface area contributed by atoms with Crippen molar-refractivity contribution < 1.29 is 0 Å². The number of rotatable bonds is 6. The molecule has 1 heterocycles. The highest BCUT2D eigenvalue weighted by molar-refractivity contribution is 6.01. The van der Waals surface area contributed by atoms with Crippen molar-refractivity contribution in [3.8, 4) is 0 Å². The Morgan fingerprint density at radius 2 is 1.88 bits per heavy atom. The molecule has 25 heavy (non-hydrogen) atoms. The first-order chi connectivity index (χ1) is 12.2. The Morgan fingerprint density at radius 3 is 2.60 bits per heavy atom. The lowest BCUT2D eigenvalue weighted by Gasteiger charge is -2.20. The van der Waals surface area contributed by atoms with Gasteiger partial charge in [0.15, 0.2) is 0 Å². The minimum absolute atomic E-state index is 0.583. The lowest BCUT2D eigenvalue weighted by Crippen LogP contribution is -2.17. The van der Waals surface area contributed by atoms with Crippen LogP contribution in [0.15, 0.2) is 71.4 Å². The van der Waals surface area contributed by atoms with Gasteiger partial charge in [-0.25, -0.2) is 0 Å². The van der Waals surface area contributed by atoms with E-state index in [-0.39, 0.29) is 0 Å². The third-order valence-corrected chi connectivity index (χ3v) is 4.47. The summed E-state index contributed by atoms with van der Waals surface area (Å²) >= 11 is 0. The summed E-state index contributed by atoms with van der Waals surface area (Å²) in [5, 5.41) is 14.0. The van der Waals surface area contributed by atoms with E-state index in [1.54, 1.807) is 0 Å². The van der Waals surface area contributed by atoms with Crippen LogP contribution in [0.2, 0.25) is 0 Å². The molecule has 5 heteroatoms. The monoisotopic (exact) mass is 335 g/mol. The molecule has 0 bridgehead atoms. The molecule has 3 rings (SSSR count). The molecule has 0 aliphatic carbocycles. The van der Waals surface area contributed by atoms with Crippen LogP contribution in [-0.2, 0) is 0 Å². The van der Waals surface area contributed by atoms with Crippen LogP contribution >= 0.6 is 0 Å². The van der Waals surface area contributed by atoms with Crippen molar-refractivity contribution in [2.45, 2.75) is 12.8 Å². The highest BCUT2D eigenvalue weighted by atomic mass is 15.3. The summed E-state index contributed by atoms with van der Waals surface area (Å²) < 4.78 is 0. The molecule has 0 atom stereocenters. The van der Waals surface area contributed by atoms with Gasteiger partial charge in [0, 0.05) is 56.0 Å². The molecule has 0 radical (unpaired) electrons.